The van der Waals surface area contributed by atoms with Gasteiger partial charge in [0.2, 0.25) is 10.0 Å². The molecule has 24 heavy (non-hydrogen) atoms. The summed E-state index contributed by atoms with van der Waals surface area (Å²) in [6.07, 6.45) is 0.610. The van der Waals surface area contributed by atoms with Crippen molar-refractivity contribution in [1.29, 1.82) is 0 Å². The monoisotopic (exact) mass is 383 g/mol. The minimum atomic E-state index is -3.64. The molecule has 0 aromatic heterocycles. The second-order valence-electron chi connectivity index (χ2n) is 6.14. The molecular formula is C18H19Cl2NO2S. The van der Waals surface area contributed by atoms with Crippen LogP contribution >= 0.6 is 23.2 Å². The topological polar surface area (TPSA) is 37.4 Å². The average molecular weight is 384 g/mol. The molecule has 128 valence electrons. The molecule has 0 heterocycles. The smallest absolute Gasteiger partial charge is 0.207 e. The van der Waals surface area contributed by atoms with E-state index in [4.69, 9.17) is 23.2 Å². The molecule has 2 aromatic rings. The van der Waals surface area contributed by atoms with Crippen LogP contribution in [-0.2, 0) is 10.0 Å². The Morgan fingerprint density at radius 2 is 1.58 bits per heavy atom. The van der Waals surface area contributed by atoms with E-state index in [-0.39, 0.29) is 16.9 Å². The van der Waals surface area contributed by atoms with Crippen molar-refractivity contribution >= 4 is 33.2 Å². The van der Waals surface area contributed by atoms with Crippen molar-refractivity contribution in [3.63, 3.8) is 0 Å². The summed E-state index contributed by atoms with van der Waals surface area (Å²) >= 11 is 12.3. The maximum atomic E-state index is 13.2. The first-order chi connectivity index (χ1) is 11.3. The summed E-state index contributed by atoms with van der Waals surface area (Å²) in [4.78, 5) is 0.281. The first-order valence-corrected chi connectivity index (χ1v) is 10.0. The van der Waals surface area contributed by atoms with Crippen LogP contribution < -0.4 is 0 Å². The van der Waals surface area contributed by atoms with Crippen LogP contribution in [-0.4, -0.2) is 23.6 Å². The minimum absolute atomic E-state index is 0.0505. The standard InChI is InChI=1S/C18H19Cl2NO2S/c1-14(15-8-4-2-5-9-15)21(13-16-12-18(16,19)20)24(22,23)17-10-6-3-7-11-17/h2-11,14,16H,12-13H2,1H3. The van der Waals surface area contributed by atoms with Crippen LogP contribution in [0.5, 0.6) is 0 Å². The Hall–Kier alpha value is -1.07. The molecule has 2 unspecified atom stereocenters. The fourth-order valence-electron chi connectivity index (χ4n) is 2.77. The zero-order valence-electron chi connectivity index (χ0n) is 13.3. The van der Waals surface area contributed by atoms with Crippen molar-refractivity contribution in [3.05, 3.63) is 66.2 Å². The number of hydrogen-bond donors (Lipinski definition) is 0. The zero-order chi connectivity index (χ0) is 17.4. The van der Waals surface area contributed by atoms with Crippen LogP contribution in [0.15, 0.2) is 65.6 Å². The van der Waals surface area contributed by atoms with Crippen LogP contribution in [0.4, 0.5) is 0 Å². The number of rotatable bonds is 6. The van der Waals surface area contributed by atoms with Crippen molar-refractivity contribution < 1.29 is 8.42 Å². The van der Waals surface area contributed by atoms with E-state index in [1.807, 2.05) is 37.3 Å². The molecule has 2 atom stereocenters. The van der Waals surface area contributed by atoms with Crippen LogP contribution in [0.25, 0.3) is 0 Å². The second-order valence-corrected chi connectivity index (χ2v) is 9.57. The molecule has 0 spiro atoms. The van der Waals surface area contributed by atoms with E-state index in [2.05, 4.69) is 0 Å². The van der Waals surface area contributed by atoms with Gasteiger partial charge in [-0.15, -0.1) is 23.2 Å². The predicted molar refractivity (Wildman–Crippen MR) is 97.7 cm³/mol. The summed E-state index contributed by atoms with van der Waals surface area (Å²) in [6, 6.07) is 17.8. The minimum Gasteiger partial charge on any atom is -0.207 e. The van der Waals surface area contributed by atoms with Crippen LogP contribution in [0.1, 0.15) is 24.9 Å². The summed E-state index contributed by atoms with van der Waals surface area (Å²) in [5, 5.41) is 0. The van der Waals surface area contributed by atoms with Gasteiger partial charge in [0.15, 0.2) is 0 Å². The van der Waals surface area contributed by atoms with E-state index in [0.29, 0.717) is 13.0 Å². The Labute approximate surface area is 153 Å². The maximum absolute atomic E-state index is 13.2. The highest BCUT2D eigenvalue weighted by Crippen LogP contribution is 2.54. The third-order valence-electron chi connectivity index (χ3n) is 4.42. The van der Waals surface area contributed by atoms with Crippen LogP contribution in [0, 0.1) is 5.92 Å². The highest BCUT2D eigenvalue weighted by atomic mass is 35.5. The highest BCUT2D eigenvalue weighted by Gasteiger charge is 2.53. The van der Waals surface area contributed by atoms with Gasteiger partial charge in [-0.1, -0.05) is 48.5 Å². The van der Waals surface area contributed by atoms with Crippen LogP contribution in [0.2, 0.25) is 0 Å². The Morgan fingerprint density at radius 3 is 2.08 bits per heavy atom. The van der Waals surface area contributed by atoms with Gasteiger partial charge in [0.05, 0.1) is 4.90 Å². The van der Waals surface area contributed by atoms with Crippen molar-refractivity contribution in [3.8, 4) is 0 Å². The predicted octanol–water partition coefficient (Wildman–Crippen LogP) is 4.63. The second kappa shape index (κ2) is 6.68. The summed E-state index contributed by atoms with van der Waals surface area (Å²) < 4.78 is 27.0. The molecule has 2 aromatic carbocycles. The van der Waals surface area contributed by atoms with Crippen molar-refractivity contribution in [2.75, 3.05) is 6.54 Å². The lowest BCUT2D eigenvalue weighted by Crippen LogP contribution is -2.36. The Bertz CT molecular complexity index is 794. The average Bonchev–Trinajstić information content (AvgIpc) is 3.20. The number of halogens is 2. The van der Waals surface area contributed by atoms with E-state index in [0.717, 1.165) is 5.56 Å². The maximum Gasteiger partial charge on any atom is 0.243 e. The van der Waals surface area contributed by atoms with Gasteiger partial charge in [0.1, 0.15) is 4.33 Å². The van der Waals surface area contributed by atoms with Crippen LogP contribution in [0.3, 0.4) is 0 Å². The molecule has 0 aliphatic heterocycles. The van der Waals surface area contributed by atoms with E-state index >= 15 is 0 Å². The van der Waals surface area contributed by atoms with Gasteiger partial charge in [0, 0.05) is 18.5 Å². The highest BCUT2D eigenvalue weighted by molar-refractivity contribution is 7.89. The molecule has 1 fully saturated rings. The summed E-state index contributed by atoms with van der Waals surface area (Å²) in [6.45, 7) is 2.20. The normalized spacial score (nSPS) is 20.8. The van der Waals surface area contributed by atoms with E-state index < -0.39 is 14.4 Å². The lowest BCUT2D eigenvalue weighted by Gasteiger charge is -2.29. The summed E-state index contributed by atoms with van der Waals surface area (Å²) in [5.74, 6) is -0.0505. The quantitative estimate of drug-likeness (QED) is 0.681. The van der Waals surface area contributed by atoms with Gasteiger partial charge in [0.25, 0.3) is 0 Å². The lowest BCUT2D eigenvalue weighted by atomic mass is 10.1. The van der Waals surface area contributed by atoms with Crippen molar-refractivity contribution in [2.45, 2.75) is 28.6 Å². The molecule has 3 rings (SSSR count). The van der Waals surface area contributed by atoms with Gasteiger partial charge in [-0.2, -0.15) is 4.31 Å². The first kappa shape index (κ1) is 17.7. The third-order valence-corrected chi connectivity index (χ3v) is 7.30. The number of nitrogens with zero attached hydrogens (tertiary/aromatic N) is 1. The van der Waals surface area contributed by atoms with Crippen molar-refractivity contribution in [2.24, 2.45) is 5.92 Å². The molecule has 0 bridgehead atoms. The molecule has 0 amide bonds. The third kappa shape index (κ3) is 3.62. The van der Waals surface area contributed by atoms with E-state index in [1.165, 1.54) is 4.31 Å². The lowest BCUT2D eigenvalue weighted by molar-refractivity contribution is 0.329. The molecule has 1 saturated carbocycles. The molecule has 1 aliphatic carbocycles. The molecule has 6 heteroatoms. The molecule has 0 N–H and O–H groups in total. The fraction of sp³-hybridized carbons (Fsp3) is 0.333. The summed E-state index contributed by atoms with van der Waals surface area (Å²) in [5.41, 5.74) is 0.937. The molecular weight excluding hydrogens is 365 g/mol. The fourth-order valence-corrected chi connectivity index (χ4v) is 4.97. The largest absolute Gasteiger partial charge is 0.243 e. The zero-order valence-corrected chi connectivity index (χ0v) is 15.6. The number of hydrogen-bond acceptors (Lipinski definition) is 2. The summed E-state index contributed by atoms with van der Waals surface area (Å²) in [7, 11) is -3.64. The molecule has 0 saturated heterocycles. The van der Waals surface area contributed by atoms with Gasteiger partial charge < -0.3 is 0 Å². The molecule has 1 aliphatic rings. The van der Waals surface area contributed by atoms with E-state index in [1.54, 1.807) is 30.3 Å². The Balaban J connectivity index is 1.96. The SMILES string of the molecule is CC(c1ccccc1)N(CC1CC1(Cl)Cl)S(=O)(=O)c1ccccc1. The Morgan fingerprint density at radius 1 is 1.08 bits per heavy atom. The first-order valence-electron chi connectivity index (χ1n) is 7.82. The Kier molecular flexibility index (Phi) is 4.94. The van der Waals surface area contributed by atoms with Crippen molar-refractivity contribution in [1.82, 2.24) is 4.31 Å². The van der Waals surface area contributed by atoms with Gasteiger partial charge >= 0.3 is 0 Å². The van der Waals surface area contributed by atoms with Gasteiger partial charge in [-0.3, -0.25) is 0 Å². The van der Waals surface area contributed by atoms with E-state index in [9.17, 15) is 8.42 Å². The number of benzene rings is 2. The number of alkyl halides is 2. The van der Waals surface area contributed by atoms with Gasteiger partial charge in [-0.25, -0.2) is 8.42 Å². The van der Waals surface area contributed by atoms with Gasteiger partial charge in [-0.05, 0) is 31.0 Å². The molecule has 0 radical (unpaired) electrons. The molecule has 3 nitrogen and oxygen atoms in total. The number of sulfonamides is 1.